The maximum atomic E-state index is 12.5. The van der Waals surface area contributed by atoms with E-state index in [-0.39, 0.29) is 17.9 Å². The molecule has 1 aromatic carbocycles. The van der Waals surface area contributed by atoms with E-state index in [4.69, 9.17) is 0 Å². The van der Waals surface area contributed by atoms with E-state index in [1.54, 1.807) is 12.1 Å². The minimum atomic E-state index is -0.383. The zero-order valence-corrected chi connectivity index (χ0v) is 13.9. The van der Waals surface area contributed by atoms with Gasteiger partial charge >= 0.3 is 0 Å². The van der Waals surface area contributed by atoms with Gasteiger partial charge in [-0.2, -0.15) is 0 Å². The van der Waals surface area contributed by atoms with Gasteiger partial charge in [0.1, 0.15) is 6.04 Å². The van der Waals surface area contributed by atoms with Crippen LogP contribution in [0, 0.1) is 0 Å². The molecule has 2 fully saturated rings. The summed E-state index contributed by atoms with van der Waals surface area (Å²) in [7, 11) is 0. The van der Waals surface area contributed by atoms with Gasteiger partial charge in [0.2, 0.25) is 5.91 Å². The van der Waals surface area contributed by atoms with Gasteiger partial charge in [0, 0.05) is 22.6 Å². The normalized spacial score (nSPS) is 22.9. The van der Waals surface area contributed by atoms with Gasteiger partial charge in [0.05, 0.1) is 0 Å². The number of hydrogen-bond acceptors (Lipinski definition) is 3. The first-order valence-electron chi connectivity index (χ1n) is 7.73. The van der Waals surface area contributed by atoms with Crippen LogP contribution < -0.4 is 10.6 Å². The van der Waals surface area contributed by atoms with Crippen molar-refractivity contribution >= 4 is 27.7 Å². The van der Waals surface area contributed by atoms with E-state index in [1.165, 1.54) is 0 Å². The second-order valence-electron chi connectivity index (χ2n) is 5.83. The second-order valence-corrected chi connectivity index (χ2v) is 6.75. The number of nitrogens with zero attached hydrogens (tertiary/aromatic N) is 1. The Morgan fingerprint density at radius 3 is 2.55 bits per heavy atom. The molecule has 5 nitrogen and oxygen atoms in total. The summed E-state index contributed by atoms with van der Waals surface area (Å²) in [6, 6.07) is 7.10. The molecule has 0 bridgehead atoms. The molecule has 2 aliphatic heterocycles. The molecular weight excluding hydrogens is 346 g/mol. The van der Waals surface area contributed by atoms with Gasteiger partial charge in [-0.05, 0) is 56.6 Å². The Morgan fingerprint density at radius 2 is 1.86 bits per heavy atom. The summed E-state index contributed by atoms with van der Waals surface area (Å²) in [6.45, 7) is 2.67. The largest absolute Gasteiger partial charge is 0.340 e. The topological polar surface area (TPSA) is 61.4 Å². The van der Waals surface area contributed by atoms with Crippen molar-refractivity contribution in [1.82, 2.24) is 15.5 Å². The fourth-order valence-corrected chi connectivity index (χ4v) is 3.42. The van der Waals surface area contributed by atoms with Gasteiger partial charge < -0.3 is 15.5 Å². The van der Waals surface area contributed by atoms with Gasteiger partial charge in [-0.3, -0.25) is 9.59 Å². The molecule has 3 rings (SSSR count). The summed E-state index contributed by atoms with van der Waals surface area (Å²) in [5.74, 6) is -0.115. The van der Waals surface area contributed by atoms with Gasteiger partial charge in [-0.15, -0.1) is 0 Å². The van der Waals surface area contributed by atoms with Crippen molar-refractivity contribution in [2.45, 2.75) is 31.3 Å². The highest BCUT2D eigenvalue weighted by atomic mass is 79.9. The predicted octanol–water partition coefficient (Wildman–Crippen LogP) is 1.53. The number of rotatable bonds is 3. The standard InChI is InChI=1S/C16H20BrN3O2/c17-12-3-1-11(2-4-12)15(21)19-14-7-10-20(16(14)22)13-5-8-18-9-6-13/h1-4,13-14,18H,5-10H2,(H,19,21). The van der Waals surface area contributed by atoms with Crippen molar-refractivity contribution in [3.8, 4) is 0 Å². The molecule has 22 heavy (non-hydrogen) atoms. The highest BCUT2D eigenvalue weighted by molar-refractivity contribution is 9.10. The lowest BCUT2D eigenvalue weighted by atomic mass is 10.1. The molecule has 2 aliphatic rings. The number of benzene rings is 1. The summed E-state index contributed by atoms with van der Waals surface area (Å²) in [6.07, 6.45) is 2.70. The average Bonchev–Trinajstić information content (AvgIpc) is 2.90. The van der Waals surface area contributed by atoms with Crippen LogP contribution in [0.5, 0.6) is 0 Å². The lowest BCUT2D eigenvalue weighted by Crippen LogP contribution is -2.47. The van der Waals surface area contributed by atoms with Crippen LogP contribution in [0.25, 0.3) is 0 Å². The van der Waals surface area contributed by atoms with Gasteiger partial charge in [-0.25, -0.2) is 0 Å². The Morgan fingerprint density at radius 1 is 1.18 bits per heavy atom. The first kappa shape index (κ1) is 15.5. The highest BCUT2D eigenvalue weighted by Gasteiger charge is 2.37. The molecule has 0 radical (unpaired) electrons. The van der Waals surface area contributed by atoms with Gasteiger partial charge in [0.25, 0.3) is 5.91 Å². The first-order valence-corrected chi connectivity index (χ1v) is 8.52. The Hall–Kier alpha value is -1.40. The van der Waals surface area contributed by atoms with Crippen molar-refractivity contribution in [1.29, 1.82) is 0 Å². The third-order valence-electron chi connectivity index (χ3n) is 4.40. The summed E-state index contributed by atoms with van der Waals surface area (Å²) >= 11 is 3.35. The molecule has 1 aromatic rings. The molecule has 0 aliphatic carbocycles. The number of carbonyl (C=O) groups is 2. The number of amides is 2. The molecule has 0 aromatic heterocycles. The lowest BCUT2D eigenvalue weighted by Gasteiger charge is -2.31. The molecule has 1 atom stereocenters. The number of halogens is 1. The van der Waals surface area contributed by atoms with Crippen LogP contribution in [-0.2, 0) is 4.79 Å². The summed E-state index contributed by atoms with van der Waals surface area (Å²) in [5, 5.41) is 6.18. The minimum Gasteiger partial charge on any atom is -0.340 e. The van der Waals surface area contributed by atoms with E-state index >= 15 is 0 Å². The van der Waals surface area contributed by atoms with E-state index in [2.05, 4.69) is 26.6 Å². The average molecular weight is 366 g/mol. The molecule has 6 heteroatoms. The molecule has 2 saturated heterocycles. The van der Waals surface area contributed by atoms with Crippen molar-refractivity contribution in [2.75, 3.05) is 19.6 Å². The van der Waals surface area contributed by atoms with Crippen LogP contribution in [0.2, 0.25) is 0 Å². The molecule has 0 spiro atoms. The number of nitrogens with one attached hydrogen (secondary N) is 2. The zero-order valence-electron chi connectivity index (χ0n) is 12.3. The van der Waals surface area contributed by atoms with E-state index in [0.717, 1.165) is 36.9 Å². The number of likely N-dealkylation sites (tertiary alicyclic amines) is 1. The van der Waals surface area contributed by atoms with Crippen molar-refractivity contribution in [2.24, 2.45) is 0 Å². The maximum Gasteiger partial charge on any atom is 0.251 e. The third kappa shape index (κ3) is 3.33. The van der Waals surface area contributed by atoms with E-state index in [9.17, 15) is 9.59 Å². The molecule has 1 unspecified atom stereocenters. The highest BCUT2D eigenvalue weighted by Crippen LogP contribution is 2.20. The number of piperidine rings is 1. The SMILES string of the molecule is O=C(NC1CCN(C2CCNCC2)C1=O)c1ccc(Br)cc1. The fourth-order valence-electron chi connectivity index (χ4n) is 3.16. The minimum absolute atomic E-state index is 0.0670. The van der Waals surface area contributed by atoms with Crippen LogP contribution in [0.3, 0.4) is 0 Å². The van der Waals surface area contributed by atoms with Crippen LogP contribution in [0.1, 0.15) is 29.6 Å². The van der Waals surface area contributed by atoms with E-state index < -0.39 is 0 Å². The Labute approximate surface area is 138 Å². The zero-order chi connectivity index (χ0) is 15.5. The van der Waals surface area contributed by atoms with Crippen LogP contribution in [0.15, 0.2) is 28.7 Å². The first-order chi connectivity index (χ1) is 10.6. The maximum absolute atomic E-state index is 12.5. The molecular formula is C16H20BrN3O2. The van der Waals surface area contributed by atoms with Gasteiger partial charge in [-0.1, -0.05) is 15.9 Å². The van der Waals surface area contributed by atoms with Crippen LogP contribution >= 0.6 is 15.9 Å². The number of carbonyl (C=O) groups excluding carboxylic acids is 2. The monoisotopic (exact) mass is 365 g/mol. The second kappa shape index (κ2) is 6.79. The third-order valence-corrected chi connectivity index (χ3v) is 4.93. The van der Waals surface area contributed by atoms with Crippen LogP contribution in [0.4, 0.5) is 0 Å². The molecule has 2 N–H and O–H groups in total. The van der Waals surface area contributed by atoms with E-state index in [0.29, 0.717) is 18.0 Å². The Balaban J connectivity index is 1.60. The summed E-state index contributed by atoms with van der Waals surface area (Å²) in [5.41, 5.74) is 0.580. The summed E-state index contributed by atoms with van der Waals surface area (Å²) in [4.78, 5) is 26.7. The smallest absolute Gasteiger partial charge is 0.251 e. The Kier molecular flexibility index (Phi) is 4.78. The predicted molar refractivity (Wildman–Crippen MR) is 87.6 cm³/mol. The van der Waals surface area contributed by atoms with E-state index in [1.807, 2.05) is 17.0 Å². The molecule has 118 valence electrons. The van der Waals surface area contributed by atoms with Gasteiger partial charge in [0.15, 0.2) is 0 Å². The summed E-state index contributed by atoms with van der Waals surface area (Å²) < 4.78 is 0.929. The molecule has 0 saturated carbocycles. The van der Waals surface area contributed by atoms with Crippen molar-refractivity contribution in [3.05, 3.63) is 34.3 Å². The number of hydrogen-bond donors (Lipinski definition) is 2. The molecule has 2 amide bonds. The molecule has 2 heterocycles. The lowest BCUT2D eigenvalue weighted by molar-refractivity contribution is -0.131. The quantitative estimate of drug-likeness (QED) is 0.853. The van der Waals surface area contributed by atoms with Crippen molar-refractivity contribution < 1.29 is 9.59 Å². The fraction of sp³-hybridized carbons (Fsp3) is 0.500. The van der Waals surface area contributed by atoms with Crippen LogP contribution in [-0.4, -0.2) is 48.4 Å². The van der Waals surface area contributed by atoms with Crippen molar-refractivity contribution in [3.63, 3.8) is 0 Å². The Bertz CT molecular complexity index is 555.